The van der Waals surface area contributed by atoms with E-state index in [1.807, 2.05) is 36.1 Å². The number of benzene rings is 1. The Balaban J connectivity index is 1.59. The molecule has 6 heteroatoms. The molecule has 0 spiro atoms. The predicted octanol–water partition coefficient (Wildman–Crippen LogP) is 3.83. The third-order valence-electron chi connectivity index (χ3n) is 6.63. The van der Waals surface area contributed by atoms with Crippen molar-refractivity contribution in [3.05, 3.63) is 35.4 Å². The summed E-state index contributed by atoms with van der Waals surface area (Å²) in [7, 11) is 0. The number of likely N-dealkylation sites (tertiary alicyclic amines) is 1. The molecular weight excluding hydrogens is 402 g/mol. The molecule has 0 bridgehead atoms. The third-order valence-corrected chi connectivity index (χ3v) is 6.63. The molecule has 176 valence electrons. The van der Waals surface area contributed by atoms with Crippen molar-refractivity contribution in [2.45, 2.75) is 84.7 Å². The number of amides is 3. The Hall–Kier alpha value is -2.37. The van der Waals surface area contributed by atoms with Crippen LogP contribution in [0.2, 0.25) is 0 Å². The van der Waals surface area contributed by atoms with Gasteiger partial charge in [0.15, 0.2) is 0 Å². The second kappa shape index (κ2) is 10.5. The summed E-state index contributed by atoms with van der Waals surface area (Å²) in [5.74, 6) is -0.107. The Morgan fingerprint density at radius 3 is 2.28 bits per heavy atom. The Bertz CT molecular complexity index is 830. The lowest BCUT2D eigenvalue weighted by Crippen LogP contribution is -2.55. The van der Waals surface area contributed by atoms with Crippen molar-refractivity contribution in [1.82, 2.24) is 15.5 Å². The fourth-order valence-electron chi connectivity index (χ4n) is 4.83. The van der Waals surface area contributed by atoms with Gasteiger partial charge in [-0.05, 0) is 49.7 Å². The number of hydrogen-bond acceptors (Lipinski definition) is 3. The van der Waals surface area contributed by atoms with Crippen molar-refractivity contribution in [1.29, 1.82) is 0 Å². The smallest absolute Gasteiger partial charge is 0.251 e. The van der Waals surface area contributed by atoms with E-state index in [1.165, 1.54) is 0 Å². The van der Waals surface area contributed by atoms with Gasteiger partial charge in [0, 0.05) is 37.2 Å². The molecule has 1 aliphatic heterocycles. The van der Waals surface area contributed by atoms with Crippen molar-refractivity contribution >= 4 is 17.7 Å². The van der Waals surface area contributed by atoms with E-state index in [1.54, 1.807) is 0 Å². The Labute approximate surface area is 192 Å². The van der Waals surface area contributed by atoms with Crippen LogP contribution in [0.4, 0.5) is 0 Å². The minimum absolute atomic E-state index is 0.0142. The van der Waals surface area contributed by atoms with E-state index in [2.05, 4.69) is 31.4 Å². The molecule has 32 heavy (non-hydrogen) atoms. The number of carbonyl (C=O) groups is 3. The zero-order valence-electron chi connectivity index (χ0n) is 20.1. The SMILES string of the molecule is Cc1ccccc1C(=O)N[C@@H]1CCCC[C@H]1NC(=O)[C@@H]1CCCN(C(=O)CC(C)(C)C)C1. The van der Waals surface area contributed by atoms with Gasteiger partial charge in [-0.15, -0.1) is 0 Å². The summed E-state index contributed by atoms with van der Waals surface area (Å²) < 4.78 is 0. The van der Waals surface area contributed by atoms with E-state index in [-0.39, 0.29) is 41.1 Å². The van der Waals surface area contributed by atoms with Gasteiger partial charge in [0.1, 0.15) is 0 Å². The van der Waals surface area contributed by atoms with Gasteiger partial charge in [-0.25, -0.2) is 0 Å². The predicted molar refractivity (Wildman–Crippen MR) is 126 cm³/mol. The fourth-order valence-corrected chi connectivity index (χ4v) is 4.83. The molecule has 3 amide bonds. The van der Waals surface area contributed by atoms with E-state index in [9.17, 15) is 14.4 Å². The molecule has 2 aliphatic rings. The number of piperidine rings is 1. The zero-order chi connectivity index (χ0) is 23.3. The van der Waals surface area contributed by atoms with Crippen molar-refractivity contribution in [3.8, 4) is 0 Å². The third kappa shape index (κ3) is 6.57. The molecule has 0 radical (unpaired) electrons. The van der Waals surface area contributed by atoms with Gasteiger partial charge in [-0.1, -0.05) is 51.8 Å². The number of rotatable bonds is 5. The van der Waals surface area contributed by atoms with Gasteiger partial charge < -0.3 is 15.5 Å². The average molecular weight is 442 g/mol. The summed E-state index contributed by atoms with van der Waals surface area (Å²) in [6.45, 7) is 9.35. The summed E-state index contributed by atoms with van der Waals surface area (Å²) in [5, 5.41) is 6.40. The van der Waals surface area contributed by atoms with Crippen molar-refractivity contribution in [2.24, 2.45) is 11.3 Å². The minimum atomic E-state index is -0.178. The highest BCUT2D eigenvalue weighted by atomic mass is 16.2. The lowest BCUT2D eigenvalue weighted by molar-refractivity contribution is -0.137. The van der Waals surface area contributed by atoms with Crippen LogP contribution in [-0.4, -0.2) is 47.8 Å². The van der Waals surface area contributed by atoms with Crippen LogP contribution in [0.3, 0.4) is 0 Å². The number of aryl methyl sites for hydroxylation is 1. The molecule has 1 saturated carbocycles. The van der Waals surface area contributed by atoms with Crippen LogP contribution in [0.15, 0.2) is 24.3 Å². The first-order chi connectivity index (χ1) is 15.1. The zero-order valence-corrected chi connectivity index (χ0v) is 20.1. The number of hydrogen-bond donors (Lipinski definition) is 2. The maximum Gasteiger partial charge on any atom is 0.251 e. The van der Waals surface area contributed by atoms with Gasteiger partial charge in [-0.2, -0.15) is 0 Å². The summed E-state index contributed by atoms with van der Waals surface area (Å²) in [4.78, 5) is 40.5. The second-order valence-corrected chi connectivity index (χ2v) is 10.7. The van der Waals surface area contributed by atoms with Crippen molar-refractivity contribution in [2.75, 3.05) is 13.1 Å². The second-order valence-electron chi connectivity index (χ2n) is 10.7. The molecule has 1 saturated heterocycles. The molecule has 3 atom stereocenters. The lowest BCUT2D eigenvalue weighted by atomic mass is 9.88. The van der Waals surface area contributed by atoms with E-state index >= 15 is 0 Å². The molecular formula is C26H39N3O3. The van der Waals surface area contributed by atoms with Crippen molar-refractivity contribution in [3.63, 3.8) is 0 Å². The molecule has 0 unspecified atom stereocenters. The summed E-state index contributed by atoms with van der Waals surface area (Å²) in [5.41, 5.74) is 1.57. The first-order valence-corrected chi connectivity index (χ1v) is 12.1. The van der Waals surface area contributed by atoms with Crippen LogP contribution in [0.5, 0.6) is 0 Å². The van der Waals surface area contributed by atoms with Gasteiger partial charge in [-0.3, -0.25) is 14.4 Å². The van der Waals surface area contributed by atoms with Crippen LogP contribution in [-0.2, 0) is 9.59 Å². The number of nitrogens with zero attached hydrogens (tertiary/aromatic N) is 1. The van der Waals surface area contributed by atoms with Crippen LogP contribution in [0.1, 0.15) is 81.6 Å². The standard InChI is InChI=1S/C26H39N3O3/c1-18-10-5-6-12-20(18)25(32)28-22-14-8-7-13-21(22)27-24(31)19-11-9-15-29(17-19)23(30)16-26(2,3)4/h5-6,10,12,19,21-22H,7-9,11,13-17H2,1-4H3,(H,27,31)(H,28,32)/t19-,21-,22-/m1/s1. The molecule has 0 aromatic heterocycles. The van der Waals surface area contributed by atoms with Crippen LogP contribution in [0, 0.1) is 18.3 Å². The normalized spacial score (nSPS) is 24.0. The molecule has 1 aliphatic carbocycles. The van der Waals surface area contributed by atoms with Crippen molar-refractivity contribution < 1.29 is 14.4 Å². The minimum Gasteiger partial charge on any atom is -0.351 e. The number of carbonyl (C=O) groups excluding carboxylic acids is 3. The molecule has 6 nitrogen and oxygen atoms in total. The van der Waals surface area contributed by atoms with E-state index in [0.717, 1.165) is 50.6 Å². The average Bonchev–Trinajstić information content (AvgIpc) is 2.74. The van der Waals surface area contributed by atoms with E-state index in [4.69, 9.17) is 0 Å². The first-order valence-electron chi connectivity index (χ1n) is 12.1. The molecule has 1 aromatic carbocycles. The Morgan fingerprint density at radius 2 is 1.62 bits per heavy atom. The highest BCUT2D eigenvalue weighted by molar-refractivity contribution is 5.95. The Kier molecular flexibility index (Phi) is 7.96. The number of nitrogens with one attached hydrogen (secondary N) is 2. The van der Waals surface area contributed by atoms with Gasteiger partial charge in [0.05, 0.1) is 5.92 Å². The van der Waals surface area contributed by atoms with E-state index < -0.39 is 0 Å². The Morgan fingerprint density at radius 1 is 0.969 bits per heavy atom. The maximum absolute atomic E-state index is 13.1. The van der Waals surface area contributed by atoms with Gasteiger partial charge >= 0.3 is 0 Å². The highest BCUT2D eigenvalue weighted by Gasteiger charge is 2.33. The summed E-state index contributed by atoms with van der Waals surface area (Å²) >= 11 is 0. The first kappa shape index (κ1) is 24.3. The topological polar surface area (TPSA) is 78.5 Å². The van der Waals surface area contributed by atoms with Crippen LogP contribution >= 0.6 is 0 Å². The highest BCUT2D eigenvalue weighted by Crippen LogP contribution is 2.25. The summed E-state index contributed by atoms with van der Waals surface area (Å²) in [6.07, 6.45) is 5.97. The molecule has 3 rings (SSSR count). The van der Waals surface area contributed by atoms with Crippen LogP contribution < -0.4 is 10.6 Å². The molecule has 1 aromatic rings. The quantitative estimate of drug-likeness (QED) is 0.729. The monoisotopic (exact) mass is 441 g/mol. The van der Waals surface area contributed by atoms with Gasteiger partial charge in [0.2, 0.25) is 11.8 Å². The molecule has 2 fully saturated rings. The largest absolute Gasteiger partial charge is 0.351 e. The molecule has 1 heterocycles. The van der Waals surface area contributed by atoms with Gasteiger partial charge in [0.25, 0.3) is 5.91 Å². The van der Waals surface area contributed by atoms with Crippen LogP contribution in [0.25, 0.3) is 0 Å². The van der Waals surface area contributed by atoms with E-state index in [0.29, 0.717) is 18.5 Å². The molecule has 2 N–H and O–H groups in total. The summed E-state index contributed by atoms with van der Waals surface area (Å²) in [6, 6.07) is 7.44. The maximum atomic E-state index is 13.1. The lowest BCUT2D eigenvalue weighted by Gasteiger charge is -2.37. The fraction of sp³-hybridized carbons (Fsp3) is 0.654.